The van der Waals surface area contributed by atoms with E-state index < -0.39 is 0 Å². The lowest BCUT2D eigenvalue weighted by Gasteiger charge is -2.16. The van der Waals surface area contributed by atoms with Crippen molar-refractivity contribution < 1.29 is 0 Å². The number of nitrogens with zero attached hydrogens (tertiary/aromatic N) is 2. The molecular weight excluding hydrogens is 222 g/mol. The van der Waals surface area contributed by atoms with E-state index in [0.29, 0.717) is 5.92 Å². The van der Waals surface area contributed by atoms with Crippen LogP contribution in [-0.4, -0.2) is 29.5 Å². The van der Waals surface area contributed by atoms with E-state index in [9.17, 15) is 0 Å². The van der Waals surface area contributed by atoms with Gasteiger partial charge in [-0.2, -0.15) is 0 Å². The summed E-state index contributed by atoms with van der Waals surface area (Å²) >= 11 is 0. The van der Waals surface area contributed by atoms with Crippen molar-refractivity contribution in [1.82, 2.24) is 9.88 Å². The summed E-state index contributed by atoms with van der Waals surface area (Å²) in [6, 6.07) is 4.18. The van der Waals surface area contributed by atoms with E-state index in [4.69, 9.17) is 5.73 Å². The molecule has 0 amide bonds. The summed E-state index contributed by atoms with van der Waals surface area (Å²) in [5, 5.41) is 0. The number of pyridine rings is 1. The highest BCUT2D eigenvalue weighted by molar-refractivity contribution is 5.85. The van der Waals surface area contributed by atoms with Gasteiger partial charge in [0.05, 0.1) is 0 Å². The summed E-state index contributed by atoms with van der Waals surface area (Å²) in [5.41, 5.74) is 8.17. The molecule has 1 unspecified atom stereocenters. The van der Waals surface area contributed by atoms with Crippen molar-refractivity contribution in [3.05, 3.63) is 29.6 Å². The molecule has 2 rings (SSSR count). The van der Waals surface area contributed by atoms with E-state index in [1.54, 1.807) is 0 Å². The van der Waals surface area contributed by atoms with Gasteiger partial charge in [0, 0.05) is 25.0 Å². The molecule has 0 bridgehead atoms. The first-order chi connectivity index (χ1) is 7.29. The molecule has 0 aliphatic carbocycles. The molecule has 2 heterocycles. The van der Waals surface area contributed by atoms with Gasteiger partial charge in [-0.15, -0.1) is 12.4 Å². The number of hydrogen-bond donors (Lipinski definition) is 1. The van der Waals surface area contributed by atoms with Crippen LogP contribution >= 0.6 is 12.4 Å². The zero-order chi connectivity index (χ0) is 10.7. The maximum absolute atomic E-state index is 5.68. The van der Waals surface area contributed by atoms with Gasteiger partial charge in [0.1, 0.15) is 0 Å². The molecule has 1 aliphatic heterocycles. The number of rotatable bonds is 3. The van der Waals surface area contributed by atoms with Gasteiger partial charge in [0.15, 0.2) is 0 Å². The third-order valence-corrected chi connectivity index (χ3v) is 3.21. The second-order valence-corrected chi connectivity index (χ2v) is 4.37. The largest absolute Gasteiger partial charge is 0.330 e. The van der Waals surface area contributed by atoms with Crippen LogP contribution in [0.3, 0.4) is 0 Å². The van der Waals surface area contributed by atoms with Gasteiger partial charge in [0.2, 0.25) is 0 Å². The number of aryl methyl sites for hydroxylation is 1. The highest BCUT2D eigenvalue weighted by atomic mass is 35.5. The smallest absolute Gasteiger partial charge is 0.0417 e. The number of nitrogens with two attached hydrogens (primary N) is 1. The second-order valence-electron chi connectivity index (χ2n) is 4.37. The summed E-state index contributed by atoms with van der Waals surface area (Å²) in [7, 11) is 0. The third-order valence-electron chi connectivity index (χ3n) is 3.21. The lowest BCUT2D eigenvalue weighted by molar-refractivity contribution is 0.317. The number of halogens is 1. The first-order valence-electron chi connectivity index (χ1n) is 5.62. The highest BCUT2D eigenvalue weighted by Crippen LogP contribution is 2.18. The first kappa shape index (κ1) is 13.4. The third kappa shape index (κ3) is 3.17. The molecule has 1 saturated heterocycles. The van der Waals surface area contributed by atoms with Crippen LogP contribution in [0.2, 0.25) is 0 Å². The fraction of sp³-hybridized carbons (Fsp3) is 0.583. The number of likely N-dealkylation sites (tertiary alicyclic amines) is 1. The molecule has 1 atom stereocenters. The van der Waals surface area contributed by atoms with Crippen LogP contribution in [0.1, 0.15) is 17.7 Å². The second kappa shape index (κ2) is 6.18. The minimum absolute atomic E-state index is 0. The average Bonchev–Trinajstić information content (AvgIpc) is 2.69. The van der Waals surface area contributed by atoms with Crippen LogP contribution < -0.4 is 5.73 Å². The standard InChI is InChI=1S/C12H19N3.ClH/c1-10-12(3-2-5-14-10)9-15-6-4-11(7-13)8-15;/h2-3,5,11H,4,6-9,13H2,1H3;1H. The fourth-order valence-electron chi connectivity index (χ4n) is 2.17. The van der Waals surface area contributed by atoms with Gasteiger partial charge < -0.3 is 5.73 Å². The Balaban J connectivity index is 0.00000128. The molecule has 0 aromatic carbocycles. The fourth-order valence-corrected chi connectivity index (χ4v) is 2.17. The average molecular weight is 242 g/mol. The zero-order valence-electron chi connectivity index (χ0n) is 9.72. The summed E-state index contributed by atoms with van der Waals surface area (Å²) in [6.07, 6.45) is 3.10. The monoisotopic (exact) mass is 241 g/mol. The van der Waals surface area contributed by atoms with Crippen molar-refractivity contribution in [3.8, 4) is 0 Å². The zero-order valence-corrected chi connectivity index (χ0v) is 10.5. The topological polar surface area (TPSA) is 42.2 Å². The van der Waals surface area contributed by atoms with Gasteiger partial charge in [-0.1, -0.05) is 6.07 Å². The molecule has 1 aromatic heterocycles. The molecule has 16 heavy (non-hydrogen) atoms. The molecule has 0 spiro atoms. The van der Waals surface area contributed by atoms with Crippen LogP contribution in [-0.2, 0) is 6.54 Å². The normalized spacial score (nSPS) is 20.8. The van der Waals surface area contributed by atoms with Gasteiger partial charge >= 0.3 is 0 Å². The summed E-state index contributed by atoms with van der Waals surface area (Å²) in [6.45, 7) is 6.24. The summed E-state index contributed by atoms with van der Waals surface area (Å²) < 4.78 is 0. The summed E-state index contributed by atoms with van der Waals surface area (Å²) in [4.78, 5) is 6.78. The van der Waals surface area contributed by atoms with Gasteiger partial charge in [0.25, 0.3) is 0 Å². The van der Waals surface area contributed by atoms with E-state index >= 15 is 0 Å². The molecule has 3 nitrogen and oxygen atoms in total. The van der Waals surface area contributed by atoms with Crippen molar-refractivity contribution in [2.75, 3.05) is 19.6 Å². The molecule has 4 heteroatoms. The minimum atomic E-state index is 0. The Hall–Kier alpha value is -0.640. The van der Waals surface area contributed by atoms with Crippen molar-refractivity contribution >= 4 is 12.4 Å². The van der Waals surface area contributed by atoms with E-state index in [-0.39, 0.29) is 12.4 Å². The van der Waals surface area contributed by atoms with Crippen molar-refractivity contribution in [1.29, 1.82) is 0 Å². The maximum atomic E-state index is 5.68. The molecule has 2 N–H and O–H groups in total. The van der Waals surface area contributed by atoms with Gasteiger partial charge in [-0.3, -0.25) is 9.88 Å². The molecule has 1 fully saturated rings. The van der Waals surface area contributed by atoms with Crippen molar-refractivity contribution in [2.45, 2.75) is 19.9 Å². The van der Waals surface area contributed by atoms with Crippen LogP contribution in [0.25, 0.3) is 0 Å². The van der Waals surface area contributed by atoms with Crippen LogP contribution in [0, 0.1) is 12.8 Å². The first-order valence-corrected chi connectivity index (χ1v) is 5.62. The number of aromatic nitrogens is 1. The Morgan fingerprint density at radius 1 is 1.56 bits per heavy atom. The Morgan fingerprint density at radius 2 is 2.38 bits per heavy atom. The lowest BCUT2D eigenvalue weighted by Crippen LogP contribution is -2.23. The molecule has 1 aromatic rings. The Morgan fingerprint density at radius 3 is 3.00 bits per heavy atom. The SMILES string of the molecule is Cc1ncccc1CN1CCC(CN)C1.Cl. The van der Waals surface area contributed by atoms with Gasteiger partial charge in [-0.05, 0) is 44.0 Å². The van der Waals surface area contributed by atoms with Crippen molar-refractivity contribution in [2.24, 2.45) is 11.7 Å². The van der Waals surface area contributed by atoms with E-state index in [2.05, 4.69) is 22.9 Å². The van der Waals surface area contributed by atoms with Crippen LogP contribution in [0.15, 0.2) is 18.3 Å². The number of hydrogen-bond acceptors (Lipinski definition) is 3. The van der Waals surface area contributed by atoms with E-state index in [1.165, 1.54) is 18.5 Å². The van der Waals surface area contributed by atoms with E-state index in [1.807, 2.05) is 12.3 Å². The van der Waals surface area contributed by atoms with Gasteiger partial charge in [-0.25, -0.2) is 0 Å². The lowest BCUT2D eigenvalue weighted by atomic mass is 10.1. The molecule has 1 aliphatic rings. The van der Waals surface area contributed by atoms with Crippen LogP contribution in [0.5, 0.6) is 0 Å². The molecule has 0 saturated carbocycles. The van der Waals surface area contributed by atoms with E-state index in [0.717, 1.165) is 25.3 Å². The highest BCUT2D eigenvalue weighted by Gasteiger charge is 2.21. The predicted molar refractivity (Wildman–Crippen MR) is 68.7 cm³/mol. The van der Waals surface area contributed by atoms with Crippen LogP contribution in [0.4, 0.5) is 0 Å². The van der Waals surface area contributed by atoms with Crippen molar-refractivity contribution in [3.63, 3.8) is 0 Å². The Kier molecular flexibility index (Phi) is 5.19. The predicted octanol–water partition coefficient (Wildman–Crippen LogP) is 1.59. The molecular formula is C12H20ClN3. The minimum Gasteiger partial charge on any atom is -0.330 e. The molecule has 90 valence electrons. The summed E-state index contributed by atoms with van der Waals surface area (Å²) in [5.74, 6) is 0.696. The quantitative estimate of drug-likeness (QED) is 0.874. The maximum Gasteiger partial charge on any atom is 0.0417 e. The Labute approximate surface area is 103 Å². The molecule has 0 radical (unpaired) electrons. The Bertz CT molecular complexity index is 330.